The molecule has 4 rings (SSSR count). The number of nitrogens with one attached hydrogen (secondary N) is 1. The summed E-state index contributed by atoms with van der Waals surface area (Å²) in [6.07, 6.45) is 14.5. The molecule has 2 atom stereocenters. The molecular weight excluding hydrogens is 246 g/mol. The molecular formula is C18H27NO. The van der Waals surface area contributed by atoms with Crippen LogP contribution in [0, 0.1) is 34.5 Å². The predicted octanol–water partition coefficient (Wildman–Crippen LogP) is 3.51. The van der Waals surface area contributed by atoms with Crippen LogP contribution in [0.4, 0.5) is 0 Å². The summed E-state index contributed by atoms with van der Waals surface area (Å²) < 4.78 is 0. The van der Waals surface area contributed by atoms with Crippen LogP contribution < -0.4 is 5.32 Å². The van der Waals surface area contributed by atoms with Gasteiger partial charge in [0.1, 0.15) is 0 Å². The Hall–Kier alpha value is -0.970. The molecule has 0 heterocycles. The van der Waals surface area contributed by atoms with Gasteiger partial charge in [0.25, 0.3) is 0 Å². The minimum atomic E-state index is 0.217. The van der Waals surface area contributed by atoms with Gasteiger partial charge < -0.3 is 5.32 Å². The average molecular weight is 273 g/mol. The number of hydrogen-bond donors (Lipinski definition) is 1. The van der Waals surface area contributed by atoms with E-state index in [2.05, 4.69) is 25.1 Å². The van der Waals surface area contributed by atoms with Crippen molar-refractivity contribution < 1.29 is 4.79 Å². The van der Waals surface area contributed by atoms with Gasteiger partial charge in [-0.25, -0.2) is 0 Å². The third-order valence-electron chi connectivity index (χ3n) is 5.87. The van der Waals surface area contributed by atoms with Gasteiger partial charge >= 0.3 is 0 Å². The fourth-order valence-electron chi connectivity index (χ4n) is 6.56. The standard InChI is InChI=1S/C18H27NO/c1-4-5-6-19-15(20)10-18-9-14-7-16(2,12-18)11-17(3,8-14)13-18/h1,14H,5-13H2,2-3H3,(H,19,20). The van der Waals surface area contributed by atoms with Crippen molar-refractivity contribution in [3.63, 3.8) is 0 Å². The molecule has 0 aromatic rings. The lowest BCUT2D eigenvalue weighted by Crippen LogP contribution is -2.56. The van der Waals surface area contributed by atoms with E-state index in [1.807, 2.05) is 0 Å². The predicted molar refractivity (Wildman–Crippen MR) is 80.9 cm³/mol. The second-order valence-electron chi connectivity index (χ2n) is 8.61. The highest BCUT2D eigenvalue weighted by Crippen LogP contribution is 2.70. The average Bonchev–Trinajstić information content (AvgIpc) is 2.22. The summed E-state index contributed by atoms with van der Waals surface area (Å²) in [4.78, 5) is 12.2. The third-order valence-corrected chi connectivity index (χ3v) is 5.87. The van der Waals surface area contributed by atoms with Gasteiger partial charge in [-0.2, -0.15) is 0 Å². The molecule has 110 valence electrons. The van der Waals surface area contributed by atoms with Crippen LogP contribution >= 0.6 is 0 Å². The van der Waals surface area contributed by atoms with Crippen LogP contribution in [0.1, 0.15) is 65.2 Å². The molecule has 0 radical (unpaired) electrons. The van der Waals surface area contributed by atoms with Crippen molar-refractivity contribution in [3.05, 3.63) is 0 Å². The van der Waals surface area contributed by atoms with Crippen LogP contribution in [-0.2, 0) is 4.79 Å². The Morgan fingerprint density at radius 3 is 2.40 bits per heavy atom. The maximum atomic E-state index is 12.2. The van der Waals surface area contributed by atoms with Crippen molar-refractivity contribution >= 4 is 5.91 Å². The fourth-order valence-corrected chi connectivity index (χ4v) is 6.56. The molecule has 1 amide bonds. The Labute approximate surface area is 123 Å². The summed E-state index contributed by atoms with van der Waals surface area (Å²) in [6, 6.07) is 0. The number of terminal acetylenes is 1. The largest absolute Gasteiger partial charge is 0.355 e. The number of carbonyl (C=O) groups excluding carboxylic acids is 1. The van der Waals surface area contributed by atoms with Crippen LogP contribution in [0.2, 0.25) is 0 Å². The number of amides is 1. The zero-order valence-corrected chi connectivity index (χ0v) is 12.9. The smallest absolute Gasteiger partial charge is 0.220 e. The highest BCUT2D eigenvalue weighted by molar-refractivity contribution is 5.76. The molecule has 2 unspecified atom stereocenters. The normalized spacial score (nSPS) is 45.1. The summed E-state index contributed by atoms with van der Waals surface area (Å²) in [5, 5.41) is 3.00. The van der Waals surface area contributed by atoms with E-state index in [0.717, 1.165) is 12.3 Å². The van der Waals surface area contributed by atoms with Crippen molar-refractivity contribution in [1.29, 1.82) is 0 Å². The van der Waals surface area contributed by atoms with E-state index in [1.54, 1.807) is 0 Å². The molecule has 2 nitrogen and oxygen atoms in total. The van der Waals surface area contributed by atoms with Crippen LogP contribution in [0.15, 0.2) is 0 Å². The van der Waals surface area contributed by atoms with E-state index in [4.69, 9.17) is 6.42 Å². The van der Waals surface area contributed by atoms with E-state index in [-0.39, 0.29) is 11.3 Å². The monoisotopic (exact) mass is 273 g/mol. The van der Waals surface area contributed by atoms with Gasteiger partial charge in [0.2, 0.25) is 5.91 Å². The first-order valence-corrected chi connectivity index (χ1v) is 8.06. The first-order valence-electron chi connectivity index (χ1n) is 8.06. The maximum Gasteiger partial charge on any atom is 0.220 e. The van der Waals surface area contributed by atoms with Crippen LogP contribution in [0.25, 0.3) is 0 Å². The molecule has 0 spiro atoms. The molecule has 0 saturated heterocycles. The zero-order chi connectivity index (χ0) is 14.4. The Balaban J connectivity index is 1.70. The molecule has 20 heavy (non-hydrogen) atoms. The van der Waals surface area contributed by atoms with Crippen molar-refractivity contribution in [2.24, 2.45) is 22.2 Å². The Bertz CT molecular complexity index is 443. The van der Waals surface area contributed by atoms with Gasteiger partial charge in [-0.05, 0) is 60.7 Å². The molecule has 0 aromatic heterocycles. The van der Waals surface area contributed by atoms with Gasteiger partial charge in [-0.1, -0.05) is 13.8 Å². The quantitative estimate of drug-likeness (QED) is 0.616. The highest BCUT2D eigenvalue weighted by Gasteiger charge is 2.60. The second-order valence-corrected chi connectivity index (χ2v) is 8.61. The zero-order valence-electron chi connectivity index (χ0n) is 12.9. The minimum Gasteiger partial charge on any atom is -0.355 e. The Kier molecular flexibility index (Phi) is 3.16. The van der Waals surface area contributed by atoms with E-state index in [0.29, 0.717) is 23.8 Å². The number of rotatable bonds is 4. The summed E-state index contributed by atoms with van der Waals surface area (Å²) >= 11 is 0. The molecule has 0 aromatic carbocycles. The van der Waals surface area contributed by atoms with Gasteiger partial charge in [0, 0.05) is 19.4 Å². The first-order chi connectivity index (χ1) is 9.36. The van der Waals surface area contributed by atoms with Crippen LogP contribution in [-0.4, -0.2) is 12.5 Å². The van der Waals surface area contributed by atoms with Crippen molar-refractivity contribution in [3.8, 4) is 12.3 Å². The van der Waals surface area contributed by atoms with Gasteiger partial charge in [-0.3, -0.25) is 4.79 Å². The van der Waals surface area contributed by atoms with Gasteiger partial charge in [-0.15, -0.1) is 12.3 Å². The fraction of sp³-hybridized carbons (Fsp3) is 0.833. The van der Waals surface area contributed by atoms with Gasteiger partial charge in [0.15, 0.2) is 0 Å². The number of hydrogen-bond acceptors (Lipinski definition) is 1. The molecule has 2 heteroatoms. The molecule has 0 aliphatic heterocycles. The molecule has 4 fully saturated rings. The molecule has 1 N–H and O–H groups in total. The number of carbonyl (C=O) groups is 1. The second kappa shape index (κ2) is 4.52. The summed E-state index contributed by atoms with van der Waals surface area (Å²) in [5.74, 6) is 3.66. The lowest BCUT2D eigenvalue weighted by Gasteiger charge is -2.65. The van der Waals surface area contributed by atoms with Crippen LogP contribution in [0.3, 0.4) is 0 Å². The van der Waals surface area contributed by atoms with Gasteiger partial charge in [0.05, 0.1) is 0 Å². The molecule has 4 saturated carbocycles. The van der Waals surface area contributed by atoms with Crippen molar-refractivity contribution in [1.82, 2.24) is 5.32 Å². The highest BCUT2D eigenvalue weighted by atomic mass is 16.1. The van der Waals surface area contributed by atoms with Crippen molar-refractivity contribution in [2.45, 2.75) is 65.2 Å². The Morgan fingerprint density at radius 2 is 1.85 bits per heavy atom. The van der Waals surface area contributed by atoms with E-state index >= 15 is 0 Å². The van der Waals surface area contributed by atoms with Crippen molar-refractivity contribution in [2.75, 3.05) is 6.54 Å². The maximum absolute atomic E-state index is 12.2. The summed E-state index contributed by atoms with van der Waals surface area (Å²) in [6.45, 7) is 5.55. The lowest BCUT2D eigenvalue weighted by atomic mass is 9.40. The first kappa shape index (κ1) is 14.0. The van der Waals surface area contributed by atoms with E-state index in [1.165, 1.54) is 38.5 Å². The minimum absolute atomic E-state index is 0.217. The summed E-state index contributed by atoms with van der Waals surface area (Å²) in [7, 11) is 0. The Morgan fingerprint density at radius 1 is 1.20 bits per heavy atom. The lowest BCUT2D eigenvalue weighted by molar-refractivity contribution is -0.156. The topological polar surface area (TPSA) is 29.1 Å². The molecule has 4 aliphatic carbocycles. The molecule has 4 bridgehead atoms. The van der Waals surface area contributed by atoms with E-state index in [9.17, 15) is 4.79 Å². The van der Waals surface area contributed by atoms with Crippen LogP contribution in [0.5, 0.6) is 0 Å². The third kappa shape index (κ3) is 2.48. The SMILES string of the molecule is C#CCCNC(=O)CC12CC3CC(C)(CC(C)(C3)C1)C2. The molecule has 4 aliphatic rings. The van der Waals surface area contributed by atoms with E-state index < -0.39 is 0 Å². The summed E-state index contributed by atoms with van der Waals surface area (Å²) in [5.41, 5.74) is 1.27.